The first-order valence-electron chi connectivity index (χ1n) is 11.4. The SMILES string of the molecule is CCCCN(CC1(C)C=CC=C(c2ccccc2-c2nn[nH]n2)C=C1)c1ncccc1C(=O)O. The van der Waals surface area contributed by atoms with Crippen LogP contribution in [-0.2, 0) is 0 Å². The number of hydrogen-bond donors (Lipinski definition) is 2. The number of pyridine rings is 1. The molecule has 2 heterocycles. The highest BCUT2D eigenvalue weighted by Gasteiger charge is 2.26. The smallest absolute Gasteiger partial charge is 0.339 e. The second kappa shape index (κ2) is 10.2. The zero-order valence-electron chi connectivity index (χ0n) is 19.3. The van der Waals surface area contributed by atoms with E-state index >= 15 is 0 Å². The van der Waals surface area contributed by atoms with Crippen molar-refractivity contribution in [3.63, 3.8) is 0 Å². The summed E-state index contributed by atoms with van der Waals surface area (Å²) in [5.41, 5.74) is 2.82. The average molecular weight is 457 g/mol. The number of rotatable bonds is 9. The number of H-pyrrole nitrogens is 1. The summed E-state index contributed by atoms with van der Waals surface area (Å²) < 4.78 is 0. The van der Waals surface area contributed by atoms with Crippen molar-refractivity contribution in [2.75, 3.05) is 18.0 Å². The van der Waals surface area contributed by atoms with E-state index in [0.29, 0.717) is 18.2 Å². The lowest BCUT2D eigenvalue weighted by Gasteiger charge is -2.33. The second-order valence-corrected chi connectivity index (χ2v) is 8.56. The van der Waals surface area contributed by atoms with Crippen molar-refractivity contribution in [3.8, 4) is 11.4 Å². The van der Waals surface area contributed by atoms with Gasteiger partial charge in [0.05, 0.1) is 0 Å². The summed E-state index contributed by atoms with van der Waals surface area (Å²) in [5.74, 6) is 0.0815. The number of allylic oxidation sites excluding steroid dienone is 4. The van der Waals surface area contributed by atoms with Crippen molar-refractivity contribution in [1.82, 2.24) is 25.6 Å². The zero-order chi connectivity index (χ0) is 24.0. The molecule has 8 heteroatoms. The average Bonchev–Trinajstić information content (AvgIpc) is 3.32. The molecule has 8 nitrogen and oxygen atoms in total. The van der Waals surface area contributed by atoms with Gasteiger partial charge in [-0.2, -0.15) is 5.21 Å². The van der Waals surface area contributed by atoms with Crippen LogP contribution in [0.1, 0.15) is 42.6 Å². The third kappa shape index (κ3) is 5.11. The fourth-order valence-electron chi connectivity index (χ4n) is 4.09. The third-order valence-corrected chi connectivity index (χ3v) is 5.85. The summed E-state index contributed by atoms with van der Waals surface area (Å²) >= 11 is 0. The van der Waals surface area contributed by atoms with Crippen LogP contribution in [0, 0.1) is 5.41 Å². The summed E-state index contributed by atoms with van der Waals surface area (Å²) in [4.78, 5) is 18.4. The van der Waals surface area contributed by atoms with Gasteiger partial charge in [0.15, 0.2) is 0 Å². The summed E-state index contributed by atoms with van der Waals surface area (Å²) in [7, 11) is 0. The van der Waals surface area contributed by atoms with Crippen LogP contribution in [0.4, 0.5) is 5.82 Å². The van der Waals surface area contributed by atoms with E-state index in [0.717, 1.165) is 36.1 Å². The number of hydrogen-bond acceptors (Lipinski definition) is 6. The van der Waals surface area contributed by atoms with Gasteiger partial charge in [-0.1, -0.05) is 74.9 Å². The van der Waals surface area contributed by atoms with E-state index in [4.69, 9.17) is 0 Å². The summed E-state index contributed by atoms with van der Waals surface area (Å²) in [6.07, 6.45) is 14.1. The van der Waals surface area contributed by atoms with Gasteiger partial charge in [-0.3, -0.25) is 0 Å². The molecule has 1 aliphatic rings. The van der Waals surface area contributed by atoms with Gasteiger partial charge in [-0.15, -0.1) is 10.2 Å². The van der Waals surface area contributed by atoms with Crippen LogP contribution >= 0.6 is 0 Å². The molecule has 0 amide bonds. The number of nitrogens with zero attached hydrogens (tertiary/aromatic N) is 5. The molecular weight excluding hydrogens is 428 g/mol. The van der Waals surface area contributed by atoms with Gasteiger partial charge in [-0.25, -0.2) is 9.78 Å². The van der Waals surface area contributed by atoms with Crippen LogP contribution in [0.5, 0.6) is 0 Å². The minimum Gasteiger partial charge on any atom is -0.478 e. The molecular formula is C26H28N6O2. The Bertz CT molecular complexity index is 1230. The molecule has 0 fully saturated rings. The third-order valence-electron chi connectivity index (χ3n) is 5.85. The minimum absolute atomic E-state index is 0.219. The second-order valence-electron chi connectivity index (χ2n) is 8.56. The van der Waals surface area contributed by atoms with E-state index < -0.39 is 5.97 Å². The fourth-order valence-corrected chi connectivity index (χ4v) is 4.09. The Hall–Kier alpha value is -4.07. The maximum atomic E-state index is 11.8. The Morgan fingerprint density at radius 1 is 1.15 bits per heavy atom. The van der Waals surface area contributed by atoms with Gasteiger partial charge >= 0.3 is 5.97 Å². The van der Waals surface area contributed by atoms with E-state index in [9.17, 15) is 9.90 Å². The lowest BCUT2D eigenvalue weighted by atomic mass is 9.88. The number of benzene rings is 1. The van der Waals surface area contributed by atoms with Gasteiger partial charge < -0.3 is 10.0 Å². The molecule has 1 aliphatic carbocycles. The first-order chi connectivity index (χ1) is 16.5. The van der Waals surface area contributed by atoms with Crippen LogP contribution in [-0.4, -0.2) is 49.8 Å². The molecule has 0 saturated carbocycles. The highest BCUT2D eigenvalue weighted by Crippen LogP contribution is 2.33. The number of aromatic nitrogens is 5. The molecule has 0 spiro atoms. The first-order valence-corrected chi connectivity index (χ1v) is 11.4. The fraction of sp³-hybridized carbons (Fsp3) is 0.269. The van der Waals surface area contributed by atoms with E-state index in [-0.39, 0.29) is 11.0 Å². The summed E-state index contributed by atoms with van der Waals surface area (Å²) in [6.45, 7) is 5.60. The van der Waals surface area contributed by atoms with Crippen molar-refractivity contribution in [3.05, 3.63) is 84.1 Å². The molecule has 0 radical (unpaired) electrons. The molecule has 0 saturated heterocycles. The zero-order valence-corrected chi connectivity index (χ0v) is 19.3. The molecule has 0 aliphatic heterocycles. The Balaban J connectivity index is 1.63. The minimum atomic E-state index is -0.969. The number of carboxylic acid groups (broad SMARTS) is 1. The highest BCUT2D eigenvalue weighted by molar-refractivity contribution is 5.93. The van der Waals surface area contributed by atoms with E-state index in [1.165, 1.54) is 0 Å². The quantitative estimate of drug-likeness (QED) is 0.477. The molecule has 1 unspecified atom stereocenters. The van der Waals surface area contributed by atoms with E-state index in [1.807, 2.05) is 24.3 Å². The molecule has 1 atom stereocenters. The number of aromatic amines is 1. The number of unbranched alkanes of at least 4 members (excludes halogenated alkanes) is 1. The molecule has 34 heavy (non-hydrogen) atoms. The summed E-state index contributed by atoms with van der Waals surface area (Å²) in [6, 6.07) is 11.2. The van der Waals surface area contributed by atoms with Crippen LogP contribution in [0.25, 0.3) is 17.0 Å². The standard InChI is InChI=1S/C26H28N6O2/c1-3-4-17-32(24-22(25(33)34)12-8-16-27-24)18-26(2)14-7-9-19(13-15-26)20-10-5-6-11-21(20)23-28-30-31-29-23/h5-16H,3-4,17-18H2,1-2H3,(H,33,34)(H,28,29,30,31). The Morgan fingerprint density at radius 2 is 1.97 bits per heavy atom. The monoisotopic (exact) mass is 456 g/mol. The number of anilines is 1. The van der Waals surface area contributed by atoms with Gasteiger partial charge in [0.25, 0.3) is 0 Å². The maximum absolute atomic E-state index is 11.8. The topological polar surface area (TPSA) is 108 Å². The summed E-state index contributed by atoms with van der Waals surface area (Å²) in [5, 5.41) is 24.2. The van der Waals surface area contributed by atoms with Crippen molar-refractivity contribution >= 4 is 17.4 Å². The molecule has 4 rings (SSSR count). The number of nitrogens with one attached hydrogen (secondary N) is 1. The maximum Gasteiger partial charge on any atom is 0.339 e. The van der Waals surface area contributed by atoms with Gasteiger partial charge in [0.1, 0.15) is 11.4 Å². The van der Waals surface area contributed by atoms with Crippen molar-refractivity contribution in [1.29, 1.82) is 0 Å². The molecule has 174 valence electrons. The lowest BCUT2D eigenvalue weighted by molar-refractivity contribution is 0.0697. The van der Waals surface area contributed by atoms with Crippen molar-refractivity contribution in [2.24, 2.45) is 5.41 Å². The van der Waals surface area contributed by atoms with Crippen LogP contribution in [0.15, 0.2) is 73.0 Å². The van der Waals surface area contributed by atoms with Gasteiger partial charge in [0.2, 0.25) is 5.82 Å². The predicted molar refractivity (Wildman–Crippen MR) is 132 cm³/mol. The lowest BCUT2D eigenvalue weighted by Crippen LogP contribution is -2.36. The normalized spacial score (nSPS) is 17.3. The number of aromatic carboxylic acids is 1. The number of carboxylic acids is 1. The molecule has 0 bridgehead atoms. The van der Waals surface area contributed by atoms with Crippen molar-refractivity contribution < 1.29 is 9.90 Å². The van der Waals surface area contributed by atoms with Gasteiger partial charge in [0, 0.05) is 30.3 Å². The van der Waals surface area contributed by atoms with Gasteiger partial charge in [-0.05, 0) is 34.9 Å². The number of carbonyl (C=O) groups is 1. The molecule has 2 N–H and O–H groups in total. The highest BCUT2D eigenvalue weighted by atomic mass is 16.4. The Kier molecular flexibility index (Phi) is 6.96. The first kappa shape index (κ1) is 23.1. The number of tetrazole rings is 1. The largest absolute Gasteiger partial charge is 0.478 e. The predicted octanol–water partition coefficient (Wildman–Crippen LogP) is 4.78. The molecule has 3 aromatic rings. The molecule has 2 aromatic heterocycles. The van der Waals surface area contributed by atoms with Crippen LogP contribution in [0.3, 0.4) is 0 Å². The Labute approximate surface area is 198 Å². The van der Waals surface area contributed by atoms with Crippen molar-refractivity contribution in [2.45, 2.75) is 26.7 Å². The Morgan fingerprint density at radius 3 is 2.71 bits per heavy atom. The van der Waals surface area contributed by atoms with E-state index in [1.54, 1.807) is 18.3 Å². The van der Waals surface area contributed by atoms with Crippen LogP contribution in [0.2, 0.25) is 0 Å². The van der Waals surface area contributed by atoms with E-state index in [2.05, 4.69) is 74.7 Å². The van der Waals surface area contributed by atoms with Crippen LogP contribution < -0.4 is 4.90 Å². The molecule has 1 aromatic carbocycles.